The average Bonchev–Trinajstić information content (AvgIpc) is 2.62. The molecule has 1 N–H and O–H groups in total. The number of hydrogen-bond donors (Lipinski definition) is 1. The number of aromatic nitrogens is 3. The van der Waals surface area contributed by atoms with Gasteiger partial charge in [-0.2, -0.15) is 23.3 Å². The van der Waals surface area contributed by atoms with Crippen LogP contribution >= 0.6 is 0 Å². The van der Waals surface area contributed by atoms with Gasteiger partial charge < -0.3 is 10.2 Å². The molecule has 0 aliphatic rings. The van der Waals surface area contributed by atoms with Crippen LogP contribution < -0.4 is 10.2 Å². The second kappa shape index (κ2) is 7.38. The van der Waals surface area contributed by atoms with E-state index in [1.807, 2.05) is 42.3 Å². The van der Waals surface area contributed by atoms with Gasteiger partial charge in [0.2, 0.25) is 5.95 Å². The summed E-state index contributed by atoms with van der Waals surface area (Å²) in [7, 11) is 1.87. The van der Waals surface area contributed by atoms with Crippen molar-refractivity contribution < 1.29 is 13.2 Å². The molecule has 0 aliphatic heterocycles. The van der Waals surface area contributed by atoms with Gasteiger partial charge in [0.1, 0.15) is 0 Å². The second-order valence-electron chi connectivity index (χ2n) is 5.68. The Kier molecular flexibility index (Phi) is 5.01. The van der Waals surface area contributed by atoms with Crippen molar-refractivity contribution in [1.29, 1.82) is 0 Å². The van der Waals surface area contributed by atoms with Crippen molar-refractivity contribution in [3.63, 3.8) is 0 Å². The number of rotatable bonds is 5. The topological polar surface area (TPSA) is 53.9 Å². The number of hydrogen-bond acceptors (Lipinski definition) is 5. The van der Waals surface area contributed by atoms with Gasteiger partial charge in [-0.3, -0.25) is 0 Å². The summed E-state index contributed by atoms with van der Waals surface area (Å²) in [6.07, 6.45) is -2.84. The molecule has 0 saturated carbocycles. The van der Waals surface area contributed by atoms with E-state index >= 15 is 0 Å². The van der Waals surface area contributed by atoms with Crippen molar-refractivity contribution in [3.8, 4) is 0 Å². The lowest BCUT2D eigenvalue weighted by atomic mass is 10.2. The van der Waals surface area contributed by atoms with Gasteiger partial charge in [0.25, 0.3) is 0 Å². The minimum atomic E-state index is -4.36. The molecule has 0 aliphatic carbocycles. The van der Waals surface area contributed by atoms with Gasteiger partial charge in [-0.05, 0) is 29.8 Å². The van der Waals surface area contributed by atoms with E-state index in [1.54, 1.807) is 0 Å². The van der Waals surface area contributed by atoms with Crippen LogP contribution in [0.4, 0.5) is 30.6 Å². The number of anilines is 3. The Labute approximate surface area is 148 Å². The zero-order chi connectivity index (χ0) is 18.6. The Morgan fingerprint density at radius 3 is 2.35 bits per heavy atom. The van der Waals surface area contributed by atoms with E-state index in [2.05, 4.69) is 20.5 Å². The Hall–Kier alpha value is -3.16. The zero-order valence-corrected chi connectivity index (χ0v) is 13.9. The molecule has 0 bridgehead atoms. The fourth-order valence-electron chi connectivity index (χ4n) is 2.34. The summed E-state index contributed by atoms with van der Waals surface area (Å²) in [5.74, 6) is 0.806. The minimum absolute atomic E-state index is 0.210. The molecule has 8 heteroatoms. The summed E-state index contributed by atoms with van der Waals surface area (Å²) >= 11 is 0. The Bertz CT molecular complexity index is 851. The highest BCUT2D eigenvalue weighted by molar-refractivity contribution is 5.55. The first-order chi connectivity index (χ1) is 12.4. The van der Waals surface area contributed by atoms with Crippen molar-refractivity contribution in [1.82, 2.24) is 15.2 Å². The van der Waals surface area contributed by atoms with E-state index in [4.69, 9.17) is 0 Å². The molecule has 0 unspecified atom stereocenters. The Morgan fingerprint density at radius 2 is 1.69 bits per heavy atom. The summed E-state index contributed by atoms with van der Waals surface area (Å²) in [5.41, 5.74) is 0.854. The number of nitrogens with zero attached hydrogens (tertiary/aromatic N) is 4. The second-order valence-corrected chi connectivity index (χ2v) is 5.68. The lowest BCUT2D eigenvalue weighted by Gasteiger charge is -2.18. The number of nitrogens with one attached hydrogen (secondary N) is 1. The van der Waals surface area contributed by atoms with Crippen molar-refractivity contribution in [2.24, 2.45) is 0 Å². The maximum absolute atomic E-state index is 12.6. The third kappa shape index (κ3) is 4.47. The average molecular weight is 359 g/mol. The summed E-state index contributed by atoms with van der Waals surface area (Å²) in [6.45, 7) is 0.638. The fraction of sp³-hybridized carbons (Fsp3) is 0.167. The molecule has 26 heavy (non-hydrogen) atoms. The monoisotopic (exact) mass is 359 g/mol. The first-order valence-corrected chi connectivity index (χ1v) is 7.81. The molecule has 3 rings (SSSR count). The van der Waals surface area contributed by atoms with Crippen LogP contribution in [0.15, 0.2) is 60.8 Å². The first-order valence-electron chi connectivity index (χ1n) is 7.81. The van der Waals surface area contributed by atoms with Crippen LogP contribution in [-0.4, -0.2) is 22.2 Å². The molecule has 3 aromatic rings. The zero-order valence-electron chi connectivity index (χ0n) is 13.9. The highest BCUT2D eigenvalue weighted by Crippen LogP contribution is 2.30. The fourth-order valence-corrected chi connectivity index (χ4v) is 2.34. The van der Waals surface area contributed by atoms with Gasteiger partial charge in [-0.25, -0.2) is 0 Å². The van der Waals surface area contributed by atoms with E-state index < -0.39 is 11.7 Å². The molecule has 0 saturated heterocycles. The molecule has 134 valence electrons. The molecule has 0 radical (unpaired) electrons. The molecule has 1 heterocycles. The SMILES string of the molecule is CN(Cc1ccccc1)c1cnnc(Nc2ccc(C(F)(F)F)cc2)n1. The van der Waals surface area contributed by atoms with E-state index in [0.717, 1.165) is 17.7 Å². The van der Waals surface area contributed by atoms with Crippen LogP contribution in [0.5, 0.6) is 0 Å². The molecule has 0 atom stereocenters. The summed E-state index contributed by atoms with van der Waals surface area (Å²) < 4.78 is 37.8. The normalized spacial score (nSPS) is 11.2. The molecule has 5 nitrogen and oxygen atoms in total. The number of halogens is 3. The summed E-state index contributed by atoms with van der Waals surface area (Å²) in [4.78, 5) is 6.26. The molecule has 0 amide bonds. The van der Waals surface area contributed by atoms with Crippen LogP contribution in [0, 0.1) is 0 Å². The lowest BCUT2D eigenvalue weighted by Crippen LogP contribution is -2.18. The van der Waals surface area contributed by atoms with Crippen molar-refractivity contribution in [2.75, 3.05) is 17.3 Å². The summed E-state index contributed by atoms with van der Waals surface area (Å²) in [6, 6.07) is 14.5. The third-order valence-electron chi connectivity index (χ3n) is 3.67. The maximum Gasteiger partial charge on any atom is 0.416 e. The molecule has 2 aromatic carbocycles. The quantitative estimate of drug-likeness (QED) is 0.737. The van der Waals surface area contributed by atoms with E-state index in [-0.39, 0.29) is 5.95 Å². The highest BCUT2D eigenvalue weighted by Gasteiger charge is 2.29. The number of alkyl halides is 3. The molecular weight excluding hydrogens is 343 g/mol. The molecule has 0 spiro atoms. The predicted molar refractivity (Wildman–Crippen MR) is 93.1 cm³/mol. The van der Waals surface area contributed by atoms with Gasteiger partial charge in [-0.15, -0.1) is 5.10 Å². The standard InChI is InChI=1S/C18H16F3N5/c1-26(12-13-5-3-2-4-6-13)16-11-22-25-17(24-16)23-15-9-7-14(8-10-15)18(19,20)21/h2-11H,12H2,1H3,(H,23,24,25). The Morgan fingerprint density at radius 1 is 1.00 bits per heavy atom. The van der Waals surface area contributed by atoms with Crippen LogP contribution in [-0.2, 0) is 12.7 Å². The first kappa shape index (κ1) is 17.7. The molecular formula is C18H16F3N5. The minimum Gasteiger partial charge on any atom is -0.354 e. The van der Waals surface area contributed by atoms with Gasteiger partial charge in [0.05, 0.1) is 11.8 Å². The Balaban J connectivity index is 1.71. The van der Waals surface area contributed by atoms with E-state index in [9.17, 15) is 13.2 Å². The van der Waals surface area contributed by atoms with Gasteiger partial charge in [0.15, 0.2) is 5.82 Å². The molecule has 0 fully saturated rings. The van der Waals surface area contributed by atoms with Crippen LogP contribution in [0.2, 0.25) is 0 Å². The predicted octanol–water partition coefficient (Wildman–Crippen LogP) is 4.27. The van der Waals surface area contributed by atoms with Gasteiger partial charge in [-0.1, -0.05) is 30.3 Å². The smallest absolute Gasteiger partial charge is 0.354 e. The van der Waals surface area contributed by atoms with Crippen LogP contribution in [0.1, 0.15) is 11.1 Å². The summed E-state index contributed by atoms with van der Waals surface area (Å²) in [5, 5.41) is 10.6. The van der Waals surface area contributed by atoms with Gasteiger partial charge in [0, 0.05) is 19.3 Å². The molecule has 1 aromatic heterocycles. The maximum atomic E-state index is 12.6. The number of benzene rings is 2. The van der Waals surface area contributed by atoms with Crippen LogP contribution in [0.25, 0.3) is 0 Å². The van der Waals surface area contributed by atoms with Crippen LogP contribution in [0.3, 0.4) is 0 Å². The lowest BCUT2D eigenvalue weighted by molar-refractivity contribution is -0.137. The van der Waals surface area contributed by atoms with E-state index in [0.29, 0.717) is 18.1 Å². The van der Waals surface area contributed by atoms with Gasteiger partial charge >= 0.3 is 6.18 Å². The highest BCUT2D eigenvalue weighted by atomic mass is 19.4. The van der Waals surface area contributed by atoms with E-state index in [1.165, 1.54) is 18.3 Å². The largest absolute Gasteiger partial charge is 0.416 e. The van der Waals surface area contributed by atoms with Crippen molar-refractivity contribution in [3.05, 3.63) is 71.9 Å². The van der Waals surface area contributed by atoms with Crippen molar-refractivity contribution in [2.45, 2.75) is 12.7 Å². The van der Waals surface area contributed by atoms with Crippen molar-refractivity contribution >= 4 is 17.5 Å². The third-order valence-corrected chi connectivity index (χ3v) is 3.67.